The molecule has 3 aromatic heterocycles. The van der Waals surface area contributed by atoms with Gasteiger partial charge in [-0.3, -0.25) is 4.99 Å². The third kappa shape index (κ3) is 3.47. The van der Waals surface area contributed by atoms with Crippen LogP contribution in [-0.2, 0) is 6.54 Å². The van der Waals surface area contributed by atoms with Crippen molar-refractivity contribution in [1.29, 1.82) is 0 Å². The minimum atomic E-state index is 0.443. The van der Waals surface area contributed by atoms with E-state index < -0.39 is 0 Å². The van der Waals surface area contributed by atoms with Crippen LogP contribution in [0.3, 0.4) is 0 Å². The van der Waals surface area contributed by atoms with Crippen LogP contribution in [0.5, 0.6) is 0 Å². The first kappa shape index (κ1) is 17.4. The van der Waals surface area contributed by atoms with Crippen LogP contribution < -0.4 is 22.3 Å². The molecule has 26 heavy (non-hydrogen) atoms. The van der Waals surface area contributed by atoms with Gasteiger partial charge in [0.15, 0.2) is 11.6 Å². The monoisotopic (exact) mass is 351 g/mol. The lowest BCUT2D eigenvalue weighted by Crippen LogP contribution is -2.14. The molecule has 0 saturated carbocycles. The Morgan fingerprint density at radius 1 is 1.27 bits per heavy atom. The highest BCUT2D eigenvalue weighted by Gasteiger charge is 2.09. The number of nitrogens with two attached hydrogens (primary N) is 2. The molecule has 3 rings (SSSR count). The van der Waals surface area contributed by atoms with Gasteiger partial charge in [-0.2, -0.15) is 0 Å². The van der Waals surface area contributed by atoms with Crippen LogP contribution in [0.25, 0.3) is 11.2 Å². The quantitative estimate of drug-likeness (QED) is 0.299. The molecule has 0 spiro atoms. The first-order valence-corrected chi connectivity index (χ1v) is 8.00. The molecule has 0 aliphatic heterocycles. The number of aryl methyl sites for hydroxylation is 1. The van der Waals surface area contributed by atoms with Crippen molar-refractivity contribution < 1.29 is 0 Å². The highest BCUT2D eigenvalue weighted by molar-refractivity contribution is 6.08. The van der Waals surface area contributed by atoms with Gasteiger partial charge in [0.1, 0.15) is 5.65 Å². The summed E-state index contributed by atoms with van der Waals surface area (Å²) in [6, 6.07) is 3.98. The predicted octanol–water partition coefficient (Wildman–Crippen LogP) is 1.33. The lowest BCUT2D eigenvalue weighted by molar-refractivity contribution is 1.02. The van der Waals surface area contributed by atoms with Crippen LogP contribution in [0.4, 0.5) is 11.6 Å². The van der Waals surface area contributed by atoms with Crippen LogP contribution in [0, 0.1) is 6.92 Å². The normalized spacial score (nSPS) is 12.0. The van der Waals surface area contributed by atoms with Crippen molar-refractivity contribution in [1.82, 2.24) is 19.4 Å². The van der Waals surface area contributed by atoms with Crippen molar-refractivity contribution in [3.8, 4) is 0 Å². The van der Waals surface area contributed by atoms with Crippen LogP contribution in [-0.4, -0.2) is 32.6 Å². The zero-order valence-corrected chi connectivity index (χ0v) is 14.6. The van der Waals surface area contributed by atoms with E-state index in [0.29, 0.717) is 29.4 Å². The summed E-state index contributed by atoms with van der Waals surface area (Å²) in [5, 5.41) is 3.26. The van der Waals surface area contributed by atoms with Gasteiger partial charge in [0.05, 0.1) is 11.9 Å². The number of rotatable bonds is 6. The first-order valence-electron chi connectivity index (χ1n) is 8.00. The van der Waals surface area contributed by atoms with Gasteiger partial charge in [-0.15, -0.1) is 0 Å². The van der Waals surface area contributed by atoms with E-state index in [1.165, 1.54) is 6.20 Å². The number of hydrogen-bond donors (Lipinski definition) is 4. The number of imidazole rings is 1. The Hall–Kier alpha value is -3.46. The minimum Gasteiger partial charge on any atom is -0.404 e. The van der Waals surface area contributed by atoms with E-state index in [-0.39, 0.29) is 0 Å². The molecule has 9 nitrogen and oxygen atoms in total. The molecule has 0 aromatic carbocycles. The maximum atomic E-state index is 5.64. The molecule has 0 bridgehead atoms. The van der Waals surface area contributed by atoms with Gasteiger partial charge in [-0.25, -0.2) is 20.8 Å². The number of hydrogen-bond acceptors (Lipinski definition) is 8. The smallest absolute Gasteiger partial charge is 0.183 e. The number of nitrogens with one attached hydrogen (secondary N) is 2. The summed E-state index contributed by atoms with van der Waals surface area (Å²) < 4.78 is 2.04. The molecule has 3 heterocycles. The second-order valence-corrected chi connectivity index (χ2v) is 5.62. The summed E-state index contributed by atoms with van der Waals surface area (Å²) in [6.45, 7) is 2.56. The molecule has 6 N–H and O–H groups in total. The fourth-order valence-corrected chi connectivity index (χ4v) is 2.53. The highest BCUT2D eigenvalue weighted by Crippen LogP contribution is 2.19. The zero-order valence-electron chi connectivity index (χ0n) is 14.6. The van der Waals surface area contributed by atoms with Crippen LogP contribution >= 0.6 is 0 Å². The molecule has 0 atom stereocenters. The Labute approximate surface area is 150 Å². The SMILES string of the molecule is CN=CC(=CN)c1cnc(NN)c(NCc2ccc3ncc(C)n3c2)n1. The number of fused-ring (bicyclic) bond motifs is 1. The van der Waals surface area contributed by atoms with E-state index in [2.05, 4.69) is 30.7 Å². The molecular formula is C17H21N9. The van der Waals surface area contributed by atoms with E-state index in [9.17, 15) is 0 Å². The third-order valence-electron chi connectivity index (χ3n) is 3.86. The summed E-state index contributed by atoms with van der Waals surface area (Å²) in [7, 11) is 1.67. The second-order valence-electron chi connectivity index (χ2n) is 5.62. The van der Waals surface area contributed by atoms with E-state index in [1.807, 2.05) is 35.9 Å². The number of pyridine rings is 1. The molecule has 0 aliphatic carbocycles. The Kier molecular flexibility index (Phi) is 5.09. The summed E-state index contributed by atoms with van der Waals surface area (Å²) in [6.07, 6.45) is 8.52. The van der Waals surface area contributed by atoms with Crippen molar-refractivity contribution in [2.24, 2.45) is 16.6 Å². The maximum absolute atomic E-state index is 5.64. The number of allylic oxidation sites excluding steroid dienone is 1. The van der Waals surface area contributed by atoms with E-state index in [4.69, 9.17) is 11.6 Å². The average Bonchev–Trinajstić information content (AvgIpc) is 3.04. The number of nitrogen functional groups attached to an aromatic ring is 1. The molecule has 9 heteroatoms. The summed E-state index contributed by atoms with van der Waals surface area (Å²) >= 11 is 0. The van der Waals surface area contributed by atoms with Crippen molar-refractivity contribution in [2.75, 3.05) is 17.8 Å². The van der Waals surface area contributed by atoms with Crippen molar-refractivity contribution in [3.05, 3.63) is 53.9 Å². The summed E-state index contributed by atoms with van der Waals surface area (Å²) in [5.74, 6) is 6.51. The van der Waals surface area contributed by atoms with Crippen molar-refractivity contribution in [2.45, 2.75) is 13.5 Å². The van der Waals surface area contributed by atoms with E-state index >= 15 is 0 Å². The van der Waals surface area contributed by atoms with Crippen molar-refractivity contribution >= 4 is 29.1 Å². The van der Waals surface area contributed by atoms with Gasteiger partial charge in [0.2, 0.25) is 0 Å². The Morgan fingerprint density at radius 3 is 2.85 bits per heavy atom. The van der Waals surface area contributed by atoms with E-state index in [1.54, 1.807) is 19.5 Å². The molecule has 0 fully saturated rings. The molecule has 3 aromatic rings. The molecule has 0 aliphatic rings. The van der Waals surface area contributed by atoms with Gasteiger partial charge in [0, 0.05) is 49.7 Å². The minimum absolute atomic E-state index is 0.443. The number of hydrazine groups is 1. The number of anilines is 2. The molecular weight excluding hydrogens is 330 g/mol. The number of aromatic nitrogens is 4. The van der Waals surface area contributed by atoms with Crippen LogP contribution in [0.2, 0.25) is 0 Å². The predicted molar refractivity (Wildman–Crippen MR) is 104 cm³/mol. The fraction of sp³-hybridized carbons (Fsp3) is 0.176. The second kappa shape index (κ2) is 7.62. The average molecular weight is 351 g/mol. The summed E-state index contributed by atoms with van der Waals surface area (Å²) in [5.41, 5.74) is 12.5. The standard InChI is InChI=1S/C17H21N9/c1-11-6-21-15-4-3-12(10-26(11)15)7-22-16-17(25-19)23-9-14(24-16)13(5-18)8-20-2/h3-6,8-10H,7,18-19H2,1-2H3,(H,22,24)(H,23,25). The Balaban J connectivity index is 1.86. The summed E-state index contributed by atoms with van der Waals surface area (Å²) in [4.78, 5) is 17.1. The molecule has 0 saturated heterocycles. The van der Waals surface area contributed by atoms with Gasteiger partial charge in [-0.1, -0.05) is 6.07 Å². The topological polar surface area (TPSA) is 132 Å². The third-order valence-corrected chi connectivity index (χ3v) is 3.86. The molecule has 134 valence electrons. The van der Waals surface area contributed by atoms with Gasteiger partial charge >= 0.3 is 0 Å². The maximum Gasteiger partial charge on any atom is 0.183 e. The molecule has 0 amide bonds. The molecule has 0 radical (unpaired) electrons. The zero-order chi connectivity index (χ0) is 18.5. The Morgan fingerprint density at radius 2 is 2.12 bits per heavy atom. The Bertz CT molecular complexity index is 972. The van der Waals surface area contributed by atoms with Gasteiger partial charge in [-0.05, 0) is 18.6 Å². The lowest BCUT2D eigenvalue weighted by Gasteiger charge is -2.12. The van der Waals surface area contributed by atoms with E-state index in [0.717, 1.165) is 16.9 Å². The first-order chi connectivity index (χ1) is 12.7. The largest absolute Gasteiger partial charge is 0.404 e. The fourth-order valence-electron chi connectivity index (χ4n) is 2.53. The molecule has 0 unspecified atom stereocenters. The lowest BCUT2D eigenvalue weighted by atomic mass is 10.2. The number of aliphatic imine (C=N–C) groups is 1. The van der Waals surface area contributed by atoms with Crippen LogP contribution in [0.15, 0.2) is 41.9 Å². The van der Waals surface area contributed by atoms with Crippen molar-refractivity contribution in [3.63, 3.8) is 0 Å². The highest BCUT2D eigenvalue weighted by atomic mass is 15.3. The number of nitrogens with zero attached hydrogens (tertiary/aromatic N) is 5. The van der Waals surface area contributed by atoms with Crippen LogP contribution in [0.1, 0.15) is 17.0 Å². The van der Waals surface area contributed by atoms with Gasteiger partial charge < -0.3 is 20.9 Å². The van der Waals surface area contributed by atoms with Gasteiger partial charge in [0.25, 0.3) is 0 Å².